The molecule has 1 aromatic carbocycles. The van der Waals surface area contributed by atoms with Gasteiger partial charge in [-0.25, -0.2) is 9.97 Å². The molecule has 2 heterocycles. The molecule has 0 aliphatic carbocycles. The van der Waals surface area contributed by atoms with Crippen molar-refractivity contribution in [1.82, 2.24) is 19.8 Å². The first-order valence-electron chi connectivity index (χ1n) is 8.32. The summed E-state index contributed by atoms with van der Waals surface area (Å²) in [5.74, 6) is 1.33. The van der Waals surface area contributed by atoms with Gasteiger partial charge in [0.2, 0.25) is 5.95 Å². The first-order valence-corrected chi connectivity index (χ1v) is 8.32. The molecule has 0 atom stereocenters. The zero-order valence-corrected chi connectivity index (χ0v) is 14.6. The molecule has 1 fully saturated rings. The van der Waals surface area contributed by atoms with Crippen LogP contribution in [0.4, 0.5) is 5.95 Å². The van der Waals surface area contributed by atoms with Crippen molar-refractivity contribution in [3.63, 3.8) is 0 Å². The van der Waals surface area contributed by atoms with Gasteiger partial charge in [0.25, 0.3) is 5.91 Å². The molecule has 1 aliphatic heterocycles. The van der Waals surface area contributed by atoms with E-state index in [2.05, 4.69) is 27.2 Å². The molecular weight excluding hydrogens is 318 g/mol. The maximum Gasteiger partial charge on any atom is 0.257 e. The highest BCUT2D eigenvalue weighted by Gasteiger charge is 2.20. The Kier molecular flexibility index (Phi) is 5.45. The van der Waals surface area contributed by atoms with Gasteiger partial charge in [-0.1, -0.05) is 12.1 Å². The third kappa shape index (κ3) is 4.45. The second kappa shape index (κ2) is 7.94. The van der Waals surface area contributed by atoms with E-state index in [4.69, 9.17) is 4.74 Å². The van der Waals surface area contributed by atoms with Crippen molar-refractivity contribution < 1.29 is 9.53 Å². The van der Waals surface area contributed by atoms with Crippen LogP contribution in [0.2, 0.25) is 0 Å². The number of carbonyl (C=O) groups excluding carboxylic acids is 1. The van der Waals surface area contributed by atoms with Crippen molar-refractivity contribution in [2.24, 2.45) is 0 Å². The molecule has 1 amide bonds. The number of nitrogens with zero attached hydrogens (tertiary/aromatic N) is 4. The van der Waals surface area contributed by atoms with Gasteiger partial charge in [0.15, 0.2) is 0 Å². The molecule has 0 saturated carbocycles. The van der Waals surface area contributed by atoms with Gasteiger partial charge in [0, 0.05) is 45.1 Å². The number of nitrogens with one attached hydrogen (secondary N) is 1. The third-order valence-corrected chi connectivity index (χ3v) is 4.30. The maximum atomic E-state index is 12.5. The van der Waals surface area contributed by atoms with Crippen molar-refractivity contribution in [1.29, 1.82) is 0 Å². The van der Waals surface area contributed by atoms with Gasteiger partial charge >= 0.3 is 0 Å². The van der Waals surface area contributed by atoms with Crippen molar-refractivity contribution in [2.75, 3.05) is 45.7 Å². The number of benzene rings is 1. The highest BCUT2D eigenvalue weighted by Crippen LogP contribution is 2.12. The summed E-state index contributed by atoms with van der Waals surface area (Å²) in [7, 11) is 3.71. The fourth-order valence-corrected chi connectivity index (χ4v) is 2.65. The van der Waals surface area contributed by atoms with Crippen LogP contribution in [0.5, 0.6) is 5.75 Å². The van der Waals surface area contributed by atoms with Gasteiger partial charge in [0.05, 0.1) is 12.7 Å². The third-order valence-electron chi connectivity index (χ3n) is 4.30. The second-order valence-electron chi connectivity index (χ2n) is 6.09. The fourth-order valence-electron chi connectivity index (χ4n) is 2.65. The van der Waals surface area contributed by atoms with Crippen LogP contribution in [-0.4, -0.2) is 66.0 Å². The lowest BCUT2D eigenvalue weighted by atomic mass is 10.2. The first kappa shape index (κ1) is 17.2. The minimum atomic E-state index is -0.00481. The minimum absolute atomic E-state index is 0.00481. The Morgan fingerprint density at radius 2 is 1.76 bits per heavy atom. The summed E-state index contributed by atoms with van der Waals surface area (Å²) in [4.78, 5) is 25.0. The molecule has 1 aliphatic rings. The number of piperazine rings is 1. The maximum absolute atomic E-state index is 12.5. The van der Waals surface area contributed by atoms with Gasteiger partial charge < -0.3 is 19.9 Å². The monoisotopic (exact) mass is 341 g/mol. The summed E-state index contributed by atoms with van der Waals surface area (Å²) in [6.45, 7) is 3.89. The van der Waals surface area contributed by atoms with Crippen molar-refractivity contribution in [3.8, 4) is 5.75 Å². The molecule has 1 N–H and O–H groups in total. The zero-order chi connectivity index (χ0) is 17.6. The average molecular weight is 341 g/mol. The topological polar surface area (TPSA) is 70.6 Å². The molecule has 7 heteroatoms. The summed E-state index contributed by atoms with van der Waals surface area (Å²) < 4.78 is 5.14. The van der Waals surface area contributed by atoms with E-state index in [0.29, 0.717) is 18.1 Å². The molecule has 3 rings (SSSR count). The lowest BCUT2D eigenvalue weighted by Gasteiger charge is -2.32. The predicted molar refractivity (Wildman–Crippen MR) is 95.8 cm³/mol. The SMILES string of the molecule is COc1ccc(CNc2ncc(C(=O)N3CCN(C)CC3)cn2)cc1. The zero-order valence-electron chi connectivity index (χ0n) is 14.6. The van der Waals surface area contributed by atoms with Crippen LogP contribution in [-0.2, 0) is 6.54 Å². The quantitative estimate of drug-likeness (QED) is 0.888. The Bertz CT molecular complexity index is 694. The predicted octanol–water partition coefficient (Wildman–Crippen LogP) is 1.48. The van der Waals surface area contributed by atoms with Crippen LogP contribution in [0.3, 0.4) is 0 Å². The molecule has 132 valence electrons. The number of ether oxygens (including phenoxy) is 1. The van der Waals surface area contributed by atoms with Crippen molar-refractivity contribution >= 4 is 11.9 Å². The largest absolute Gasteiger partial charge is 0.497 e. The van der Waals surface area contributed by atoms with E-state index < -0.39 is 0 Å². The van der Waals surface area contributed by atoms with Crippen molar-refractivity contribution in [2.45, 2.75) is 6.54 Å². The molecule has 0 spiro atoms. The average Bonchev–Trinajstić information content (AvgIpc) is 2.67. The number of likely N-dealkylation sites (N-methyl/N-ethyl adjacent to an activating group) is 1. The number of hydrogen-bond donors (Lipinski definition) is 1. The standard InChI is InChI=1S/C18H23N5O2/c1-22-7-9-23(10-8-22)17(24)15-12-20-18(21-13-15)19-11-14-3-5-16(25-2)6-4-14/h3-6,12-13H,7-11H2,1-2H3,(H,19,20,21). The molecule has 0 bridgehead atoms. The number of methoxy groups -OCH3 is 1. The van der Waals surface area contributed by atoms with Gasteiger partial charge in [-0.15, -0.1) is 0 Å². The van der Waals surface area contributed by atoms with Crippen LogP contribution in [0.25, 0.3) is 0 Å². The van der Waals surface area contributed by atoms with Crippen LogP contribution in [0.1, 0.15) is 15.9 Å². The lowest BCUT2D eigenvalue weighted by Crippen LogP contribution is -2.47. The van der Waals surface area contributed by atoms with E-state index in [-0.39, 0.29) is 5.91 Å². The fraction of sp³-hybridized carbons (Fsp3) is 0.389. The molecule has 2 aromatic rings. The molecule has 1 aromatic heterocycles. The minimum Gasteiger partial charge on any atom is -0.497 e. The van der Waals surface area contributed by atoms with E-state index in [1.54, 1.807) is 19.5 Å². The summed E-state index contributed by atoms with van der Waals surface area (Å²) in [5.41, 5.74) is 1.63. The van der Waals surface area contributed by atoms with E-state index in [0.717, 1.165) is 37.5 Å². The van der Waals surface area contributed by atoms with E-state index in [1.165, 1.54) is 0 Å². The van der Waals surface area contributed by atoms with Gasteiger partial charge in [0.1, 0.15) is 5.75 Å². The Morgan fingerprint density at radius 3 is 2.36 bits per heavy atom. The molecule has 0 unspecified atom stereocenters. The summed E-state index contributed by atoms with van der Waals surface area (Å²) >= 11 is 0. The molecule has 25 heavy (non-hydrogen) atoms. The smallest absolute Gasteiger partial charge is 0.257 e. The Balaban J connectivity index is 1.55. The molecule has 1 saturated heterocycles. The van der Waals surface area contributed by atoms with E-state index >= 15 is 0 Å². The first-order chi connectivity index (χ1) is 12.2. The van der Waals surface area contributed by atoms with Crippen LogP contribution < -0.4 is 10.1 Å². The van der Waals surface area contributed by atoms with Gasteiger partial charge in [-0.2, -0.15) is 0 Å². The van der Waals surface area contributed by atoms with Crippen LogP contribution in [0, 0.1) is 0 Å². The van der Waals surface area contributed by atoms with E-state index in [9.17, 15) is 4.79 Å². The van der Waals surface area contributed by atoms with Gasteiger partial charge in [-0.05, 0) is 24.7 Å². The highest BCUT2D eigenvalue weighted by molar-refractivity contribution is 5.93. The summed E-state index contributed by atoms with van der Waals surface area (Å²) in [6, 6.07) is 7.79. The number of aromatic nitrogens is 2. The number of rotatable bonds is 5. The Labute approximate surface area is 147 Å². The summed E-state index contributed by atoms with van der Waals surface area (Å²) in [6.07, 6.45) is 3.17. The van der Waals surface area contributed by atoms with Crippen LogP contribution in [0.15, 0.2) is 36.7 Å². The second-order valence-corrected chi connectivity index (χ2v) is 6.09. The Hall–Kier alpha value is -2.67. The highest BCUT2D eigenvalue weighted by atomic mass is 16.5. The number of amides is 1. The number of anilines is 1. The van der Waals surface area contributed by atoms with Crippen LogP contribution >= 0.6 is 0 Å². The lowest BCUT2D eigenvalue weighted by molar-refractivity contribution is 0.0663. The Morgan fingerprint density at radius 1 is 1.12 bits per heavy atom. The molecule has 7 nitrogen and oxygen atoms in total. The molecule has 0 radical (unpaired) electrons. The molecular formula is C18H23N5O2. The number of carbonyl (C=O) groups is 1. The van der Waals surface area contributed by atoms with Crippen molar-refractivity contribution in [3.05, 3.63) is 47.8 Å². The number of hydrogen-bond acceptors (Lipinski definition) is 6. The normalized spacial score (nSPS) is 15.0. The summed E-state index contributed by atoms with van der Waals surface area (Å²) in [5, 5.41) is 3.16. The van der Waals surface area contributed by atoms with Gasteiger partial charge in [-0.3, -0.25) is 4.79 Å². The van der Waals surface area contributed by atoms with E-state index in [1.807, 2.05) is 29.2 Å².